The Kier molecular flexibility index (Phi) is 6.92. The standard InChI is InChI=1S/C20H29ClN2O3/c1-25-10-8-14-3-6-18(21)15(11-14)13-23(16-4-5-16)20(24)17-12-22-9-7-19(17)26-2/h3,6,11,16-17,19,22H,4-5,7-10,12-13H2,1-2H3. The number of piperidine rings is 1. The summed E-state index contributed by atoms with van der Waals surface area (Å²) >= 11 is 6.44. The van der Waals surface area contributed by atoms with Crippen LogP contribution in [0.5, 0.6) is 0 Å². The number of halogens is 1. The van der Waals surface area contributed by atoms with Crippen LogP contribution in [0.3, 0.4) is 0 Å². The van der Waals surface area contributed by atoms with E-state index in [1.807, 2.05) is 17.0 Å². The van der Waals surface area contributed by atoms with Gasteiger partial charge in [-0.15, -0.1) is 0 Å². The summed E-state index contributed by atoms with van der Waals surface area (Å²) in [6, 6.07) is 6.40. The molecule has 1 saturated carbocycles. The number of methoxy groups -OCH3 is 2. The maximum Gasteiger partial charge on any atom is 0.230 e. The molecule has 144 valence electrons. The molecule has 0 radical (unpaired) electrons. The van der Waals surface area contributed by atoms with E-state index in [4.69, 9.17) is 21.1 Å². The first-order valence-electron chi connectivity index (χ1n) is 9.44. The molecule has 1 aromatic rings. The summed E-state index contributed by atoms with van der Waals surface area (Å²) in [5.74, 6) is 0.0645. The van der Waals surface area contributed by atoms with Gasteiger partial charge in [0.1, 0.15) is 0 Å². The summed E-state index contributed by atoms with van der Waals surface area (Å²) in [5, 5.41) is 4.05. The van der Waals surface area contributed by atoms with Gasteiger partial charge in [0.2, 0.25) is 5.91 Å². The second-order valence-corrected chi connectivity index (χ2v) is 7.65. The molecular formula is C20H29ClN2O3. The first-order valence-corrected chi connectivity index (χ1v) is 9.82. The van der Waals surface area contributed by atoms with E-state index in [-0.39, 0.29) is 17.9 Å². The van der Waals surface area contributed by atoms with E-state index in [1.165, 1.54) is 5.56 Å². The number of hydrogen-bond donors (Lipinski definition) is 1. The molecule has 1 heterocycles. The van der Waals surface area contributed by atoms with Crippen LogP contribution >= 0.6 is 11.6 Å². The number of carbonyl (C=O) groups excluding carboxylic acids is 1. The van der Waals surface area contributed by atoms with Gasteiger partial charge in [-0.05, 0) is 49.4 Å². The zero-order chi connectivity index (χ0) is 18.5. The lowest BCUT2D eigenvalue weighted by Gasteiger charge is -2.34. The van der Waals surface area contributed by atoms with Crippen molar-refractivity contribution < 1.29 is 14.3 Å². The van der Waals surface area contributed by atoms with Crippen molar-refractivity contribution in [3.05, 3.63) is 34.3 Å². The van der Waals surface area contributed by atoms with Crippen molar-refractivity contribution in [1.29, 1.82) is 0 Å². The predicted molar refractivity (Wildman–Crippen MR) is 102 cm³/mol. The molecule has 0 spiro atoms. The Morgan fingerprint density at radius 3 is 2.81 bits per heavy atom. The van der Waals surface area contributed by atoms with Crippen molar-refractivity contribution in [3.63, 3.8) is 0 Å². The van der Waals surface area contributed by atoms with Gasteiger partial charge in [-0.2, -0.15) is 0 Å². The van der Waals surface area contributed by atoms with Gasteiger partial charge in [0.15, 0.2) is 0 Å². The summed E-state index contributed by atoms with van der Waals surface area (Å²) < 4.78 is 10.8. The number of rotatable bonds is 8. The Morgan fingerprint density at radius 2 is 2.12 bits per heavy atom. The Morgan fingerprint density at radius 1 is 1.31 bits per heavy atom. The highest BCUT2D eigenvalue weighted by Crippen LogP contribution is 2.32. The van der Waals surface area contributed by atoms with E-state index < -0.39 is 0 Å². The zero-order valence-electron chi connectivity index (χ0n) is 15.7. The van der Waals surface area contributed by atoms with Crippen LogP contribution in [-0.4, -0.2) is 56.9 Å². The Hall–Kier alpha value is -1.14. The first-order chi connectivity index (χ1) is 12.6. The first kappa shape index (κ1) is 19.6. The molecule has 2 atom stereocenters. The van der Waals surface area contributed by atoms with Crippen LogP contribution in [0.2, 0.25) is 5.02 Å². The molecule has 0 bridgehead atoms. The quantitative estimate of drug-likeness (QED) is 0.753. The molecule has 2 aliphatic rings. The van der Waals surface area contributed by atoms with E-state index in [0.29, 0.717) is 25.7 Å². The van der Waals surface area contributed by atoms with Gasteiger partial charge in [0.05, 0.1) is 18.6 Å². The highest BCUT2D eigenvalue weighted by Gasteiger charge is 2.40. The highest BCUT2D eigenvalue weighted by molar-refractivity contribution is 6.31. The topological polar surface area (TPSA) is 50.8 Å². The van der Waals surface area contributed by atoms with Crippen LogP contribution in [0.15, 0.2) is 18.2 Å². The molecule has 1 aliphatic heterocycles. The molecule has 3 rings (SSSR count). The molecule has 1 aromatic carbocycles. The minimum Gasteiger partial charge on any atom is -0.384 e. The third kappa shape index (κ3) is 4.77. The minimum absolute atomic E-state index is 0.00601. The predicted octanol–water partition coefficient (Wildman–Crippen LogP) is 2.64. The summed E-state index contributed by atoms with van der Waals surface area (Å²) in [7, 11) is 3.41. The SMILES string of the molecule is COCCc1ccc(Cl)c(CN(C(=O)C2CNCCC2OC)C2CC2)c1. The molecule has 5 nitrogen and oxygen atoms in total. The molecule has 1 aliphatic carbocycles. The number of nitrogens with one attached hydrogen (secondary N) is 1. The van der Waals surface area contributed by atoms with Crippen molar-refractivity contribution >= 4 is 17.5 Å². The minimum atomic E-state index is -0.121. The van der Waals surface area contributed by atoms with Crippen LogP contribution in [0.25, 0.3) is 0 Å². The van der Waals surface area contributed by atoms with Crippen molar-refractivity contribution in [3.8, 4) is 0 Å². The highest BCUT2D eigenvalue weighted by atomic mass is 35.5. The van der Waals surface area contributed by atoms with E-state index in [0.717, 1.165) is 42.8 Å². The molecule has 1 amide bonds. The lowest BCUT2D eigenvalue weighted by molar-refractivity contribution is -0.142. The normalized spacial score (nSPS) is 23.0. The number of carbonyl (C=O) groups is 1. The van der Waals surface area contributed by atoms with Gasteiger partial charge < -0.3 is 19.7 Å². The lowest BCUT2D eigenvalue weighted by atomic mass is 9.94. The Labute approximate surface area is 161 Å². The van der Waals surface area contributed by atoms with E-state index >= 15 is 0 Å². The Balaban J connectivity index is 1.75. The second-order valence-electron chi connectivity index (χ2n) is 7.24. The number of benzene rings is 1. The largest absolute Gasteiger partial charge is 0.384 e. The Bertz CT molecular complexity index is 621. The fraction of sp³-hybridized carbons (Fsp3) is 0.650. The van der Waals surface area contributed by atoms with Crippen LogP contribution in [0, 0.1) is 5.92 Å². The number of hydrogen-bond acceptors (Lipinski definition) is 4. The van der Waals surface area contributed by atoms with Gasteiger partial charge in [-0.1, -0.05) is 23.7 Å². The average Bonchev–Trinajstić information content (AvgIpc) is 3.50. The molecular weight excluding hydrogens is 352 g/mol. The fourth-order valence-corrected chi connectivity index (χ4v) is 3.83. The monoisotopic (exact) mass is 380 g/mol. The third-order valence-corrected chi connectivity index (χ3v) is 5.72. The van der Waals surface area contributed by atoms with Gasteiger partial charge in [-0.25, -0.2) is 0 Å². The average molecular weight is 381 g/mol. The van der Waals surface area contributed by atoms with Gasteiger partial charge in [-0.3, -0.25) is 4.79 Å². The molecule has 1 saturated heterocycles. The number of ether oxygens (including phenoxy) is 2. The summed E-state index contributed by atoms with van der Waals surface area (Å²) in [4.78, 5) is 15.3. The van der Waals surface area contributed by atoms with Crippen LogP contribution in [-0.2, 0) is 27.2 Å². The molecule has 0 aromatic heterocycles. The van der Waals surface area contributed by atoms with Crippen LogP contribution in [0.1, 0.15) is 30.4 Å². The van der Waals surface area contributed by atoms with Gasteiger partial charge in [0, 0.05) is 38.4 Å². The van der Waals surface area contributed by atoms with Crippen molar-refractivity contribution in [1.82, 2.24) is 10.2 Å². The molecule has 6 heteroatoms. The van der Waals surface area contributed by atoms with Crippen molar-refractivity contribution in [2.45, 2.75) is 44.4 Å². The van der Waals surface area contributed by atoms with Crippen LogP contribution < -0.4 is 5.32 Å². The maximum absolute atomic E-state index is 13.3. The number of nitrogens with zero attached hydrogens (tertiary/aromatic N) is 1. The molecule has 26 heavy (non-hydrogen) atoms. The summed E-state index contributed by atoms with van der Waals surface area (Å²) in [6.07, 6.45) is 3.86. The fourth-order valence-electron chi connectivity index (χ4n) is 3.66. The lowest BCUT2D eigenvalue weighted by Crippen LogP contribution is -2.50. The summed E-state index contributed by atoms with van der Waals surface area (Å²) in [6.45, 7) is 2.83. The molecule has 2 fully saturated rings. The second kappa shape index (κ2) is 9.18. The molecule has 1 N–H and O–H groups in total. The van der Waals surface area contributed by atoms with Gasteiger partial charge >= 0.3 is 0 Å². The number of amides is 1. The smallest absolute Gasteiger partial charge is 0.230 e. The maximum atomic E-state index is 13.3. The zero-order valence-corrected chi connectivity index (χ0v) is 16.4. The van der Waals surface area contributed by atoms with E-state index in [9.17, 15) is 4.79 Å². The van der Waals surface area contributed by atoms with Crippen molar-refractivity contribution in [2.24, 2.45) is 5.92 Å². The van der Waals surface area contributed by atoms with E-state index in [1.54, 1.807) is 14.2 Å². The van der Waals surface area contributed by atoms with Gasteiger partial charge in [0.25, 0.3) is 0 Å². The third-order valence-electron chi connectivity index (χ3n) is 5.36. The van der Waals surface area contributed by atoms with Crippen molar-refractivity contribution in [2.75, 3.05) is 33.9 Å². The summed E-state index contributed by atoms with van der Waals surface area (Å²) in [5.41, 5.74) is 2.20. The van der Waals surface area contributed by atoms with Crippen LogP contribution in [0.4, 0.5) is 0 Å². The van der Waals surface area contributed by atoms with E-state index in [2.05, 4.69) is 11.4 Å². The molecule has 2 unspecified atom stereocenters.